The van der Waals surface area contributed by atoms with Gasteiger partial charge in [0.1, 0.15) is 0 Å². The largest absolute Gasteiger partial charge is 0.465 e. The highest BCUT2D eigenvalue weighted by molar-refractivity contribution is 5.65. The van der Waals surface area contributed by atoms with E-state index >= 15 is 0 Å². The summed E-state index contributed by atoms with van der Waals surface area (Å²) in [6, 6.07) is 9.65. The molecular weight excluding hydrogens is 244 g/mol. The van der Waals surface area contributed by atoms with Crippen molar-refractivity contribution in [1.29, 1.82) is 0 Å². The molecule has 5 heteroatoms. The third kappa shape index (κ3) is 3.94. The van der Waals surface area contributed by atoms with Crippen LogP contribution in [0.5, 0.6) is 0 Å². The van der Waals surface area contributed by atoms with E-state index in [9.17, 15) is 4.79 Å². The molecule has 2 rings (SSSR count). The molecule has 19 heavy (non-hydrogen) atoms. The molecule has 1 aliphatic heterocycles. The first-order valence-electron chi connectivity index (χ1n) is 6.56. The Hall–Kier alpha value is -1.59. The lowest BCUT2D eigenvalue weighted by atomic mass is 10.1. The van der Waals surface area contributed by atoms with Crippen molar-refractivity contribution in [2.45, 2.75) is 31.6 Å². The van der Waals surface area contributed by atoms with Gasteiger partial charge in [-0.2, -0.15) is 0 Å². The summed E-state index contributed by atoms with van der Waals surface area (Å²) in [5.41, 5.74) is 7.15. The maximum atomic E-state index is 11.0. The Balaban J connectivity index is 1.88. The molecule has 2 atom stereocenters. The maximum Gasteiger partial charge on any atom is 0.407 e. The van der Waals surface area contributed by atoms with E-state index < -0.39 is 6.09 Å². The quantitative estimate of drug-likeness (QED) is 0.870. The van der Waals surface area contributed by atoms with Gasteiger partial charge in [-0.3, -0.25) is 0 Å². The van der Waals surface area contributed by atoms with Gasteiger partial charge < -0.3 is 20.5 Å². The number of carboxylic acid groups (broad SMARTS) is 1. The smallest absolute Gasteiger partial charge is 0.407 e. The second-order valence-corrected chi connectivity index (χ2v) is 4.87. The van der Waals surface area contributed by atoms with Crippen molar-refractivity contribution in [3.63, 3.8) is 0 Å². The number of amides is 1. The predicted molar refractivity (Wildman–Crippen MR) is 71.8 cm³/mol. The van der Waals surface area contributed by atoms with Gasteiger partial charge in [-0.15, -0.1) is 0 Å². The van der Waals surface area contributed by atoms with Gasteiger partial charge in [0.25, 0.3) is 0 Å². The van der Waals surface area contributed by atoms with Crippen molar-refractivity contribution >= 4 is 6.09 Å². The van der Waals surface area contributed by atoms with Crippen LogP contribution in [0.1, 0.15) is 18.4 Å². The molecule has 1 aliphatic rings. The highest BCUT2D eigenvalue weighted by Crippen LogP contribution is 2.15. The van der Waals surface area contributed by atoms with Crippen LogP contribution in [0.4, 0.5) is 4.79 Å². The van der Waals surface area contributed by atoms with Crippen molar-refractivity contribution in [2.75, 3.05) is 13.1 Å². The summed E-state index contributed by atoms with van der Waals surface area (Å²) in [6.07, 6.45) is 0.612. The zero-order valence-corrected chi connectivity index (χ0v) is 10.9. The molecule has 1 aromatic rings. The van der Waals surface area contributed by atoms with E-state index in [2.05, 4.69) is 0 Å². The molecule has 1 saturated heterocycles. The number of nitrogens with two attached hydrogens (primary N) is 1. The van der Waals surface area contributed by atoms with Crippen LogP contribution < -0.4 is 5.73 Å². The monoisotopic (exact) mass is 264 g/mol. The Morgan fingerprint density at radius 3 is 2.84 bits per heavy atom. The van der Waals surface area contributed by atoms with Crippen LogP contribution in [0.25, 0.3) is 0 Å². The molecule has 5 nitrogen and oxygen atoms in total. The predicted octanol–water partition coefficient (Wildman–Crippen LogP) is 1.67. The minimum atomic E-state index is -0.904. The van der Waals surface area contributed by atoms with Crippen molar-refractivity contribution in [2.24, 2.45) is 5.73 Å². The second-order valence-electron chi connectivity index (χ2n) is 4.87. The van der Waals surface area contributed by atoms with Crippen LogP contribution >= 0.6 is 0 Å². The Morgan fingerprint density at radius 1 is 1.42 bits per heavy atom. The Kier molecular flexibility index (Phi) is 4.76. The molecule has 0 spiro atoms. The first-order chi connectivity index (χ1) is 9.16. The van der Waals surface area contributed by atoms with Gasteiger partial charge in [-0.25, -0.2) is 4.79 Å². The van der Waals surface area contributed by atoms with Crippen LogP contribution in [0.2, 0.25) is 0 Å². The van der Waals surface area contributed by atoms with Gasteiger partial charge in [-0.05, 0) is 18.4 Å². The molecule has 0 bridgehead atoms. The summed E-state index contributed by atoms with van der Waals surface area (Å²) in [6.45, 7) is 1.40. The number of hydrogen-bond donors (Lipinski definition) is 2. The van der Waals surface area contributed by atoms with Crippen LogP contribution in [0.3, 0.4) is 0 Å². The molecule has 1 amide bonds. The Bertz CT molecular complexity index is 410. The minimum absolute atomic E-state index is 0.0791. The molecule has 0 aliphatic carbocycles. The minimum Gasteiger partial charge on any atom is -0.465 e. The Labute approximate surface area is 113 Å². The van der Waals surface area contributed by atoms with E-state index in [0.29, 0.717) is 19.7 Å². The zero-order valence-electron chi connectivity index (χ0n) is 10.9. The third-order valence-electron chi connectivity index (χ3n) is 3.40. The summed E-state index contributed by atoms with van der Waals surface area (Å²) in [7, 11) is 0. The number of ether oxygens (including phenoxy) is 1. The second kappa shape index (κ2) is 6.54. The molecule has 3 N–H and O–H groups in total. The van der Waals surface area contributed by atoms with E-state index in [1.165, 1.54) is 4.90 Å². The van der Waals surface area contributed by atoms with E-state index in [1.54, 1.807) is 0 Å². The number of carbonyl (C=O) groups is 1. The van der Waals surface area contributed by atoms with Crippen molar-refractivity contribution in [3.05, 3.63) is 35.9 Å². The van der Waals surface area contributed by atoms with E-state index in [1.807, 2.05) is 30.3 Å². The molecule has 104 valence electrons. The lowest BCUT2D eigenvalue weighted by molar-refractivity contribution is 0.0195. The lowest BCUT2D eigenvalue weighted by Gasteiger charge is -2.24. The molecule has 1 heterocycles. The fraction of sp³-hybridized carbons (Fsp3) is 0.500. The van der Waals surface area contributed by atoms with Crippen LogP contribution in [0, 0.1) is 0 Å². The number of likely N-dealkylation sites (tertiary alicyclic amines) is 1. The van der Waals surface area contributed by atoms with Crippen LogP contribution in [-0.4, -0.2) is 41.3 Å². The highest BCUT2D eigenvalue weighted by Gasteiger charge is 2.27. The molecular formula is C14H20N2O3. The van der Waals surface area contributed by atoms with Gasteiger partial charge in [0.2, 0.25) is 0 Å². The summed E-state index contributed by atoms with van der Waals surface area (Å²) >= 11 is 0. The fourth-order valence-electron chi connectivity index (χ4n) is 2.32. The van der Waals surface area contributed by atoms with E-state index in [0.717, 1.165) is 18.4 Å². The van der Waals surface area contributed by atoms with Crippen LogP contribution in [0.15, 0.2) is 30.3 Å². The fourth-order valence-corrected chi connectivity index (χ4v) is 2.32. The highest BCUT2D eigenvalue weighted by atomic mass is 16.5. The molecule has 0 saturated carbocycles. The van der Waals surface area contributed by atoms with Gasteiger partial charge in [-0.1, -0.05) is 30.3 Å². The lowest BCUT2D eigenvalue weighted by Crippen LogP contribution is -2.45. The summed E-state index contributed by atoms with van der Waals surface area (Å²) in [4.78, 5) is 12.3. The SMILES string of the molecule is N[C@@H]1CN(C(=O)O)CCC[C@H]1OCc1ccccc1. The molecule has 0 radical (unpaired) electrons. The van der Waals surface area contributed by atoms with Crippen molar-refractivity contribution in [3.8, 4) is 0 Å². The molecule has 0 aromatic heterocycles. The zero-order chi connectivity index (χ0) is 13.7. The van der Waals surface area contributed by atoms with Gasteiger partial charge in [0.15, 0.2) is 0 Å². The van der Waals surface area contributed by atoms with Crippen molar-refractivity contribution in [1.82, 2.24) is 4.90 Å². The summed E-state index contributed by atoms with van der Waals surface area (Å²) in [5.74, 6) is 0. The average molecular weight is 264 g/mol. The van der Waals surface area contributed by atoms with E-state index in [4.69, 9.17) is 15.6 Å². The number of hydrogen-bond acceptors (Lipinski definition) is 3. The van der Waals surface area contributed by atoms with Crippen LogP contribution in [-0.2, 0) is 11.3 Å². The number of rotatable bonds is 3. The summed E-state index contributed by atoms with van der Waals surface area (Å²) in [5, 5.41) is 9.00. The van der Waals surface area contributed by atoms with Crippen molar-refractivity contribution < 1.29 is 14.6 Å². The van der Waals surface area contributed by atoms with Gasteiger partial charge in [0.05, 0.1) is 12.7 Å². The maximum absolute atomic E-state index is 11.0. The molecule has 1 fully saturated rings. The summed E-state index contributed by atoms with van der Waals surface area (Å²) < 4.78 is 5.84. The third-order valence-corrected chi connectivity index (χ3v) is 3.40. The van der Waals surface area contributed by atoms with Gasteiger partial charge in [0, 0.05) is 19.1 Å². The Morgan fingerprint density at radius 2 is 2.16 bits per heavy atom. The average Bonchev–Trinajstić information content (AvgIpc) is 2.60. The molecule has 0 unspecified atom stereocenters. The number of benzene rings is 1. The molecule has 1 aromatic carbocycles. The van der Waals surface area contributed by atoms with E-state index in [-0.39, 0.29) is 12.1 Å². The standard InChI is InChI=1S/C14H20N2O3/c15-12-9-16(14(17)18)8-4-7-13(12)19-10-11-5-2-1-3-6-11/h1-3,5-6,12-13H,4,7-10,15H2,(H,17,18)/t12-,13-/m1/s1. The normalized spacial score (nSPS) is 23.9. The first kappa shape index (κ1) is 13.8. The first-order valence-corrected chi connectivity index (χ1v) is 6.56. The topological polar surface area (TPSA) is 75.8 Å². The van der Waals surface area contributed by atoms with Gasteiger partial charge >= 0.3 is 6.09 Å². The number of nitrogens with zero attached hydrogens (tertiary/aromatic N) is 1.